The Morgan fingerprint density at radius 3 is 2.88 bits per heavy atom. The van der Waals surface area contributed by atoms with Gasteiger partial charge in [-0.3, -0.25) is 9.78 Å². The first-order chi connectivity index (χ1) is 12.0. The normalized spacial score (nSPS) is 20.4. The molecule has 4 rings (SSSR count). The third-order valence-corrected chi connectivity index (χ3v) is 4.42. The number of nitrogens with zero attached hydrogens (tertiary/aromatic N) is 4. The van der Waals surface area contributed by atoms with Crippen LogP contribution >= 0.6 is 0 Å². The number of halogens is 2. The average molecular weight is 344 g/mol. The molecule has 0 aliphatic carbocycles. The van der Waals surface area contributed by atoms with Gasteiger partial charge in [0.1, 0.15) is 0 Å². The van der Waals surface area contributed by atoms with Gasteiger partial charge < -0.3 is 10.0 Å². The molecule has 1 N–H and O–H groups in total. The lowest BCUT2D eigenvalue weighted by molar-refractivity contribution is 0.0717. The Labute approximate surface area is 141 Å². The van der Waals surface area contributed by atoms with Gasteiger partial charge in [0.2, 0.25) is 0 Å². The first kappa shape index (κ1) is 15.6. The van der Waals surface area contributed by atoms with Crippen molar-refractivity contribution < 1.29 is 18.7 Å². The highest BCUT2D eigenvalue weighted by atomic mass is 19.2. The van der Waals surface area contributed by atoms with E-state index in [0.717, 1.165) is 12.1 Å². The quantitative estimate of drug-likeness (QED) is 0.771. The minimum Gasteiger partial charge on any atom is -0.391 e. The average Bonchev–Trinajstić information content (AvgIpc) is 3.20. The van der Waals surface area contributed by atoms with Crippen molar-refractivity contribution in [2.24, 2.45) is 0 Å². The summed E-state index contributed by atoms with van der Waals surface area (Å²) in [6.07, 6.45) is 5.66. The SMILES string of the molecule is O=C(c1cnn2ccncc12)N1C[C@H](O)C[C@@H]1c1ccc(F)c(F)c1. The zero-order valence-corrected chi connectivity index (χ0v) is 13.0. The smallest absolute Gasteiger partial charge is 0.258 e. The number of β-amino-alcohol motifs (C(OH)–C–C–N with tert-alkyl or cyclic N) is 1. The number of aliphatic hydroxyl groups is 1. The molecular weight excluding hydrogens is 330 g/mol. The minimum absolute atomic E-state index is 0.111. The van der Waals surface area contributed by atoms with Crippen LogP contribution < -0.4 is 0 Å². The second kappa shape index (κ2) is 5.89. The maximum Gasteiger partial charge on any atom is 0.258 e. The van der Waals surface area contributed by atoms with Crippen LogP contribution in [0.5, 0.6) is 0 Å². The second-order valence-electron chi connectivity index (χ2n) is 6.00. The van der Waals surface area contributed by atoms with E-state index in [-0.39, 0.29) is 18.9 Å². The summed E-state index contributed by atoms with van der Waals surface area (Å²) in [7, 11) is 0. The fourth-order valence-electron chi connectivity index (χ4n) is 3.23. The minimum atomic E-state index is -0.980. The number of likely N-dealkylation sites (tertiary alicyclic amines) is 1. The molecule has 2 atom stereocenters. The van der Waals surface area contributed by atoms with Crippen LogP contribution in [0.25, 0.3) is 5.52 Å². The summed E-state index contributed by atoms with van der Waals surface area (Å²) in [4.78, 5) is 18.4. The van der Waals surface area contributed by atoms with Crippen molar-refractivity contribution in [1.82, 2.24) is 19.5 Å². The van der Waals surface area contributed by atoms with Crippen LogP contribution in [0, 0.1) is 11.6 Å². The standard InChI is InChI=1S/C17H14F2N4O2/c18-13-2-1-10(5-14(13)19)15-6-11(24)9-22(15)17(25)12-7-21-23-4-3-20-8-16(12)23/h1-5,7-8,11,15,24H,6,9H2/t11-,15-/m1/s1. The number of amides is 1. The summed E-state index contributed by atoms with van der Waals surface area (Å²) in [6, 6.07) is 2.98. The van der Waals surface area contributed by atoms with E-state index in [2.05, 4.69) is 10.1 Å². The monoisotopic (exact) mass is 344 g/mol. The maximum absolute atomic E-state index is 13.6. The summed E-state index contributed by atoms with van der Waals surface area (Å²) in [5.74, 6) is -2.27. The molecule has 0 unspecified atom stereocenters. The number of benzene rings is 1. The molecule has 8 heteroatoms. The van der Waals surface area contributed by atoms with Crippen molar-refractivity contribution in [3.8, 4) is 0 Å². The zero-order chi connectivity index (χ0) is 17.6. The lowest BCUT2D eigenvalue weighted by Crippen LogP contribution is -2.31. The van der Waals surface area contributed by atoms with Gasteiger partial charge >= 0.3 is 0 Å². The van der Waals surface area contributed by atoms with E-state index in [1.807, 2.05) is 0 Å². The summed E-state index contributed by atoms with van der Waals surface area (Å²) >= 11 is 0. The fraction of sp³-hybridized carbons (Fsp3) is 0.235. The summed E-state index contributed by atoms with van der Waals surface area (Å²) in [6.45, 7) is 0.111. The molecule has 3 aromatic rings. The first-order valence-corrected chi connectivity index (χ1v) is 7.76. The molecular formula is C17H14F2N4O2. The molecule has 1 aliphatic rings. The van der Waals surface area contributed by atoms with Gasteiger partial charge in [-0.2, -0.15) is 5.10 Å². The van der Waals surface area contributed by atoms with Crippen molar-refractivity contribution >= 4 is 11.4 Å². The van der Waals surface area contributed by atoms with Crippen LogP contribution in [0.1, 0.15) is 28.4 Å². The topological polar surface area (TPSA) is 70.7 Å². The Bertz CT molecular complexity index is 959. The number of carbonyl (C=O) groups is 1. The number of hydrogen-bond acceptors (Lipinski definition) is 4. The number of fused-ring (bicyclic) bond motifs is 1. The van der Waals surface area contributed by atoms with Crippen LogP contribution in [0.3, 0.4) is 0 Å². The Morgan fingerprint density at radius 1 is 1.24 bits per heavy atom. The molecule has 0 saturated carbocycles. The molecule has 25 heavy (non-hydrogen) atoms. The molecule has 1 amide bonds. The van der Waals surface area contributed by atoms with E-state index in [1.54, 1.807) is 12.4 Å². The van der Waals surface area contributed by atoms with Gasteiger partial charge in [-0.25, -0.2) is 13.3 Å². The predicted molar refractivity (Wildman–Crippen MR) is 83.7 cm³/mol. The zero-order valence-electron chi connectivity index (χ0n) is 13.0. The van der Waals surface area contributed by atoms with Crippen LogP contribution in [0.4, 0.5) is 8.78 Å². The molecule has 0 spiro atoms. The van der Waals surface area contributed by atoms with E-state index < -0.39 is 23.8 Å². The number of carbonyl (C=O) groups excluding carboxylic acids is 1. The van der Waals surface area contributed by atoms with Gasteiger partial charge in [-0.15, -0.1) is 0 Å². The van der Waals surface area contributed by atoms with E-state index in [1.165, 1.54) is 27.9 Å². The van der Waals surface area contributed by atoms with Crippen LogP contribution in [-0.2, 0) is 0 Å². The van der Waals surface area contributed by atoms with Gasteiger partial charge in [0.05, 0.1) is 35.6 Å². The Hall–Kier alpha value is -2.87. The van der Waals surface area contributed by atoms with Crippen LogP contribution in [-0.4, -0.2) is 43.2 Å². The number of aliphatic hydroxyl groups excluding tert-OH is 1. The molecule has 1 saturated heterocycles. The summed E-state index contributed by atoms with van der Waals surface area (Å²) < 4.78 is 28.3. The van der Waals surface area contributed by atoms with Crippen LogP contribution in [0.15, 0.2) is 43.0 Å². The highest BCUT2D eigenvalue weighted by Gasteiger charge is 2.37. The molecule has 2 aromatic heterocycles. The highest BCUT2D eigenvalue weighted by molar-refractivity contribution is 6.00. The highest BCUT2D eigenvalue weighted by Crippen LogP contribution is 2.34. The number of rotatable bonds is 2. The van der Waals surface area contributed by atoms with Gasteiger partial charge in [0.25, 0.3) is 5.91 Å². The van der Waals surface area contributed by atoms with Crippen molar-refractivity contribution in [2.75, 3.05) is 6.54 Å². The predicted octanol–water partition coefficient (Wildman–Crippen LogP) is 1.96. The Morgan fingerprint density at radius 2 is 2.08 bits per heavy atom. The Kier molecular flexibility index (Phi) is 3.69. The van der Waals surface area contributed by atoms with Gasteiger partial charge in [-0.05, 0) is 24.1 Å². The lowest BCUT2D eigenvalue weighted by Gasteiger charge is -2.24. The molecule has 1 fully saturated rings. The second-order valence-corrected chi connectivity index (χ2v) is 6.00. The first-order valence-electron chi connectivity index (χ1n) is 7.76. The van der Waals surface area contributed by atoms with Crippen molar-refractivity contribution in [1.29, 1.82) is 0 Å². The molecule has 0 bridgehead atoms. The lowest BCUT2D eigenvalue weighted by atomic mass is 10.0. The van der Waals surface area contributed by atoms with Crippen molar-refractivity contribution in [3.05, 3.63) is 65.7 Å². The molecule has 3 heterocycles. The third-order valence-electron chi connectivity index (χ3n) is 4.42. The van der Waals surface area contributed by atoms with Crippen molar-refractivity contribution in [2.45, 2.75) is 18.6 Å². The summed E-state index contributed by atoms with van der Waals surface area (Å²) in [5.41, 5.74) is 1.33. The summed E-state index contributed by atoms with van der Waals surface area (Å²) in [5, 5.41) is 14.1. The third kappa shape index (κ3) is 2.64. The molecule has 1 aliphatic heterocycles. The Balaban J connectivity index is 1.72. The molecule has 6 nitrogen and oxygen atoms in total. The van der Waals surface area contributed by atoms with E-state index >= 15 is 0 Å². The molecule has 1 aromatic carbocycles. The van der Waals surface area contributed by atoms with E-state index in [4.69, 9.17) is 0 Å². The number of aromatic nitrogens is 3. The molecule has 0 radical (unpaired) electrons. The number of hydrogen-bond donors (Lipinski definition) is 1. The molecule has 128 valence electrons. The largest absolute Gasteiger partial charge is 0.391 e. The van der Waals surface area contributed by atoms with Gasteiger partial charge in [0, 0.05) is 18.9 Å². The van der Waals surface area contributed by atoms with E-state index in [0.29, 0.717) is 16.6 Å². The fourth-order valence-corrected chi connectivity index (χ4v) is 3.23. The van der Waals surface area contributed by atoms with E-state index in [9.17, 15) is 18.7 Å². The van der Waals surface area contributed by atoms with Crippen molar-refractivity contribution in [3.63, 3.8) is 0 Å². The van der Waals surface area contributed by atoms with Crippen LogP contribution in [0.2, 0.25) is 0 Å². The van der Waals surface area contributed by atoms with Gasteiger partial charge in [0.15, 0.2) is 11.6 Å². The van der Waals surface area contributed by atoms with Gasteiger partial charge in [-0.1, -0.05) is 6.07 Å². The maximum atomic E-state index is 13.6.